The molecule has 0 bridgehead atoms. The van der Waals surface area contributed by atoms with Crippen molar-refractivity contribution in [3.63, 3.8) is 0 Å². The van der Waals surface area contributed by atoms with Crippen molar-refractivity contribution in [2.24, 2.45) is 0 Å². The molecule has 0 radical (unpaired) electrons. The van der Waals surface area contributed by atoms with Gasteiger partial charge in [0.2, 0.25) is 0 Å². The van der Waals surface area contributed by atoms with E-state index in [-0.39, 0.29) is 4.95 Å². The molecule has 0 fully saturated rings. The summed E-state index contributed by atoms with van der Waals surface area (Å²) in [4.78, 5) is 0.176. The molecule has 0 saturated heterocycles. The smallest absolute Gasteiger partial charge is 0.133 e. The number of hydrogen-bond acceptors (Lipinski definition) is 2. The summed E-state index contributed by atoms with van der Waals surface area (Å²) in [6, 6.07) is 5.97. The Hall–Kier alpha value is -0.0600. The fourth-order valence-corrected chi connectivity index (χ4v) is 1.85. The number of benzene rings is 1. The van der Waals surface area contributed by atoms with Crippen LogP contribution in [-0.2, 0) is 0 Å². The van der Waals surface area contributed by atoms with Crippen LogP contribution in [0, 0.1) is 0 Å². The van der Waals surface area contributed by atoms with Crippen molar-refractivity contribution in [3.8, 4) is 5.75 Å². The minimum absolute atomic E-state index is 0.176. The zero-order valence-corrected chi connectivity index (χ0v) is 10.6. The Bertz CT molecular complexity index is 291. The van der Waals surface area contributed by atoms with E-state index in [2.05, 4.69) is 37.2 Å². The molecule has 72 valence electrons. The maximum Gasteiger partial charge on any atom is 0.133 e. The molecule has 0 spiro atoms. The van der Waals surface area contributed by atoms with Gasteiger partial charge in [-0.25, -0.2) is 0 Å². The third kappa shape index (κ3) is 2.69. The van der Waals surface area contributed by atoms with Gasteiger partial charge in [-0.2, -0.15) is 0 Å². The van der Waals surface area contributed by atoms with Crippen molar-refractivity contribution in [1.29, 1.82) is 0 Å². The van der Waals surface area contributed by atoms with E-state index in [4.69, 9.17) is 4.74 Å². The third-order valence-electron chi connectivity index (χ3n) is 1.72. The van der Waals surface area contributed by atoms with Gasteiger partial charge in [-0.05, 0) is 40.7 Å². The Balaban J connectivity index is 2.95. The number of alkyl halides is 1. The van der Waals surface area contributed by atoms with Crippen molar-refractivity contribution in [3.05, 3.63) is 28.2 Å². The highest BCUT2D eigenvalue weighted by atomic mass is 79.9. The molecule has 1 rings (SSSR count). The topological polar surface area (TPSA) is 21.3 Å². The normalized spacial score (nSPS) is 12.6. The number of hydrogen-bond donors (Lipinski definition) is 1. The first-order valence-corrected chi connectivity index (χ1v) is 5.54. The predicted octanol–water partition coefficient (Wildman–Crippen LogP) is 3.07. The molecule has 0 aliphatic rings. The molecule has 2 nitrogen and oxygen atoms in total. The summed E-state index contributed by atoms with van der Waals surface area (Å²) in [5, 5.41) is 3.10. The van der Waals surface area contributed by atoms with Crippen molar-refractivity contribution in [2.75, 3.05) is 14.2 Å². The number of halogens is 2. The van der Waals surface area contributed by atoms with Gasteiger partial charge >= 0.3 is 0 Å². The molecule has 13 heavy (non-hydrogen) atoms. The maximum atomic E-state index is 5.13. The van der Waals surface area contributed by atoms with Crippen LogP contribution in [0.3, 0.4) is 0 Å². The predicted molar refractivity (Wildman–Crippen MR) is 61.4 cm³/mol. The van der Waals surface area contributed by atoms with Gasteiger partial charge in [0.1, 0.15) is 5.75 Å². The first-order valence-electron chi connectivity index (χ1n) is 3.83. The Kier molecular flexibility index (Phi) is 4.22. The molecule has 1 aromatic carbocycles. The van der Waals surface area contributed by atoms with E-state index < -0.39 is 0 Å². The van der Waals surface area contributed by atoms with Crippen molar-refractivity contribution < 1.29 is 4.74 Å². The minimum Gasteiger partial charge on any atom is -0.496 e. The fraction of sp³-hybridized carbons (Fsp3) is 0.333. The van der Waals surface area contributed by atoms with Crippen LogP contribution in [0.5, 0.6) is 5.75 Å². The lowest BCUT2D eigenvalue weighted by Crippen LogP contribution is -2.09. The zero-order valence-electron chi connectivity index (χ0n) is 7.47. The van der Waals surface area contributed by atoms with Crippen molar-refractivity contribution in [1.82, 2.24) is 5.32 Å². The van der Waals surface area contributed by atoms with Crippen LogP contribution in [0.15, 0.2) is 22.7 Å². The van der Waals surface area contributed by atoms with Crippen molar-refractivity contribution >= 4 is 31.9 Å². The average Bonchev–Trinajstić information content (AvgIpc) is 2.16. The summed E-state index contributed by atoms with van der Waals surface area (Å²) in [5.41, 5.74) is 1.16. The summed E-state index contributed by atoms with van der Waals surface area (Å²) in [7, 11) is 3.56. The molecule has 1 aromatic rings. The molecule has 0 aromatic heterocycles. The number of nitrogens with one attached hydrogen (secondary N) is 1. The van der Waals surface area contributed by atoms with Crippen LogP contribution in [0.2, 0.25) is 0 Å². The maximum absolute atomic E-state index is 5.13. The number of rotatable bonds is 3. The summed E-state index contributed by atoms with van der Waals surface area (Å²) >= 11 is 6.92. The molecular formula is C9H11Br2NO. The number of ether oxygens (including phenoxy) is 1. The second-order valence-corrected chi connectivity index (χ2v) is 4.32. The van der Waals surface area contributed by atoms with Gasteiger partial charge in [-0.1, -0.05) is 22.0 Å². The lowest BCUT2D eigenvalue weighted by atomic mass is 10.2. The van der Waals surface area contributed by atoms with E-state index >= 15 is 0 Å². The summed E-state index contributed by atoms with van der Waals surface area (Å²) in [5.74, 6) is 0.847. The molecule has 4 heteroatoms. The van der Waals surface area contributed by atoms with Crippen LogP contribution >= 0.6 is 31.9 Å². The molecular weight excluding hydrogens is 298 g/mol. The first kappa shape index (κ1) is 11.0. The van der Waals surface area contributed by atoms with Crippen LogP contribution in [0.4, 0.5) is 0 Å². The zero-order chi connectivity index (χ0) is 9.84. The van der Waals surface area contributed by atoms with Gasteiger partial charge in [0.25, 0.3) is 0 Å². The van der Waals surface area contributed by atoms with E-state index in [0.717, 1.165) is 15.8 Å². The standard InChI is InChI=1S/C9H11Br2NO/c1-12-9(11)6-3-4-8(13-2)7(10)5-6/h3-5,9,12H,1-2H3. The monoisotopic (exact) mass is 307 g/mol. The molecule has 1 N–H and O–H groups in total. The van der Waals surface area contributed by atoms with Crippen LogP contribution in [0.1, 0.15) is 10.5 Å². The lowest BCUT2D eigenvalue weighted by molar-refractivity contribution is 0.412. The SMILES string of the molecule is CNC(Br)c1ccc(OC)c(Br)c1. The van der Waals surface area contributed by atoms with Crippen LogP contribution in [-0.4, -0.2) is 14.2 Å². The summed E-state index contributed by atoms with van der Waals surface area (Å²) in [6.45, 7) is 0. The molecule has 0 saturated carbocycles. The molecule has 1 unspecified atom stereocenters. The van der Waals surface area contributed by atoms with E-state index in [1.807, 2.05) is 25.2 Å². The van der Waals surface area contributed by atoms with Crippen molar-refractivity contribution in [2.45, 2.75) is 4.95 Å². The molecule has 0 heterocycles. The second-order valence-electron chi connectivity index (χ2n) is 2.55. The quantitative estimate of drug-likeness (QED) is 0.684. The summed E-state index contributed by atoms with van der Waals surface area (Å²) in [6.07, 6.45) is 0. The molecule has 0 aliphatic heterocycles. The second kappa shape index (κ2) is 4.98. The third-order valence-corrected chi connectivity index (χ3v) is 3.33. The summed E-state index contributed by atoms with van der Waals surface area (Å²) < 4.78 is 6.10. The highest BCUT2D eigenvalue weighted by molar-refractivity contribution is 9.10. The van der Waals surface area contributed by atoms with Gasteiger partial charge in [-0.3, -0.25) is 0 Å². The van der Waals surface area contributed by atoms with E-state index in [9.17, 15) is 0 Å². The van der Waals surface area contributed by atoms with Gasteiger partial charge in [0, 0.05) is 0 Å². The Morgan fingerprint density at radius 1 is 1.46 bits per heavy atom. The first-order chi connectivity index (χ1) is 6.19. The van der Waals surface area contributed by atoms with Gasteiger partial charge in [0.05, 0.1) is 16.5 Å². The molecule has 0 amide bonds. The largest absolute Gasteiger partial charge is 0.496 e. The Labute approximate surface area is 94.9 Å². The highest BCUT2D eigenvalue weighted by Crippen LogP contribution is 2.29. The number of methoxy groups -OCH3 is 1. The van der Waals surface area contributed by atoms with Gasteiger partial charge < -0.3 is 10.1 Å². The average molecular weight is 309 g/mol. The lowest BCUT2D eigenvalue weighted by Gasteiger charge is -2.10. The van der Waals surface area contributed by atoms with Gasteiger partial charge in [-0.15, -0.1) is 0 Å². The Morgan fingerprint density at radius 3 is 2.62 bits per heavy atom. The minimum atomic E-state index is 0.176. The van der Waals surface area contributed by atoms with Crippen LogP contribution in [0.25, 0.3) is 0 Å². The van der Waals surface area contributed by atoms with E-state index in [1.165, 1.54) is 0 Å². The van der Waals surface area contributed by atoms with Crippen LogP contribution < -0.4 is 10.1 Å². The molecule has 0 aliphatic carbocycles. The Morgan fingerprint density at radius 2 is 2.15 bits per heavy atom. The fourth-order valence-electron chi connectivity index (χ4n) is 1.01. The van der Waals surface area contributed by atoms with E-state index in [0.29, 0.717) is 0 Å². The van der Waals surface area contributed by atoms with E-state index in [1.54, 1.807) is 7.11 Å². The highest BCUT2D eigenvalue weighted by Gasteiger charge is 2.06. The van der Waals surface area contributed by atoms with Gasteiger partial charge in [0.15, 0.2) is 0 Å². The molecule has 1 atom stereocenters.